The fourth-order valence-corrected chi connectivity index (χ4v) is 3.21. The van der Waals surface area contributed by atoms with Crippen LogP contribution in [0.1, 0.15) is 29.5 Å². The number of aromatic amines is 3. The molecule has 1 unspecified atom stereocenters. The molecule has 0 aliphatic carbocycles. The van der Waals surface area contributed by atoms with Crippen molar-refractivity contribution in [2.45, 2.75) is 25.8 Å². The zero-order valence-corrected chi connectivity index (χ0v) is 15.0. The average molecular weight is 359 g/mol. The van der Waals surface area contributed by atoms with Crippen molar-refractivity contribution in [3.8, 4) is 0 Å². The molecule has 3 aromatic rings. The Hall–Kier alpha value is -2.48. The van der Waals surface area contributed by atoms with Crippen LogP contribution in [0.4, 0.5) is 0 Å². The second-order valence-corrected chi connectivity index (χ2v) is 6.89. The molecule has 0 saturated heterocycles. The minimum atomic E-state index is -0.253. The molecule has 0 radical (unpaired) electrons. The lowest BCUT2D eigenvalue weighted by Gasteiger charge is -2.16. The molecule has 0 saturated carbocycles. The van der Waals surface area contributed by atoms with Gasteiger partial charge in [-0.05, 0) is 37.5 Å². The van der Waals surface area contributed by atoms with Gasteiger partial charge in [-0.1, -0.05) is 12.1 Å². The van der Waals surface area contributed by atoms with E-state index in [4.69, 9.17) is 0 Å². The molecule has 0 aliphatic rings. The predicted octanol–water partition coefficient (Wildman–Crippen LogP) is 2.04. The molecular weight excluding hydrogens is 338 g/mol. The molecule has 3 rings (SSSR count). The Labute approximate surface area is 149 Å². The molecule has 0 spiro atoms. The van der Waals surface area contributed by atoms with Gasteiger partial charge in [0, 0.05) is 11.3 Å². The number of hydrogen-bond acceptors (Lipinski definition) is 4. The number of thioether (sulfide) groups is 1. The van der Waals surface area contributed by atoms with Crippen LogP contribution in [0.25, 0.3) is 11.0 Å². The number of carbonyl (C=O) groups is 1. The van der Waals surface area contributed by atoms with Crippen LogP contribution >= 0.6 is 11.8 Å². The number of aromatic nitrogens is 4. The molecule has 132 valence electrons. The monoisotopic (exact) mass is 359 g/mol. The number of H-pyrrole nitrogens is 3. The SMILES string of the molecule is CSCCC(NC(=O)Cc1c(C)[nH][nH]c1=O)c1nc2ccccc2[nH]1. The van der Waals surface area contributed by atoms with Crippen molar-refractivity contribution in [1.29, 1.82) is 0 Å². The fraction of sp³-hybridized carbons (Fsp3) is 0.353. The number of nitrogens with zero attached hydrogens (tertiary/aromatic N) is 1. The van der Waals surface area contributed by atoms with E-state index >= 15 is 0 Å². The normalized spacial score (nSPS) is 12.4. The van der Waals surface area contributed by atoms with E-state index in [9.17, 15) is 9.59 Å². The van der Waals surface area contributed by atoms with Gasteiger partial charge >= 0.3 is 0 Å². The second-order valence-electron chi connectivity index (χ2n) is 5.90. The van der Waals surface area contributed by atoms with Gasteiger partial charge in [0.1, 0.15) is 5.82 Å². The summed E-state index contributed by atoms with van der Waals surface area (Å²) in [5.74, 6) is 1.44. The van der Waals surface area contributed by atoms with Gasteiger partial charge in [0.25, 0.3) is 5.56 Å². The number of aryl methyl sites for hydroxylation is 1. The summed E-state index contributed by atoms with van der Waals surface area (Å²) >= 11 is 1.72. The average Bonchev–Trinajstić information content (AvgIpc) is 3.17. The van der Waals surface area contributed by atoms with Crippen molar-refractivity contribution in [3.63, 3.8) is 0 Å². The van der Waals surface area contributed by atoms with Gasteiger partial charge in [-0.3, -0.25) is 14.7 Å². The van der Waals surface area contributed by atoms with Gasteiger partial charge in [-0.2, -0.15) is 11.8 Å². The van der Waals surface area contributed by atoms with Gasteiger partial charge in [0.05, 0.1) is 23.5 Å². The van der Waals surface area contributed by atoms with Crippen LogP contribution in [0.3, 0.4) is 0 Å². The maximum absolute atomic E-state index is 12.5. The van der Waals surface area contributed by atoms with E-state index in [1.54, 1.807) is 18.7 Å². The third kappa shape index (κ3) is 3.96. The predicted molar refractivity (Wildman–Crippen MR) is 99.8 cm³/mol. The number of benzene rings is 1. The summed E-state index contributed by atoms with van der Waals surface area (Å²) in [5.41, 5.74) is 2.71. The van der Waals surface area contributed by atoms with E-state index in [1.165, 1.54) is 0 Å². The van der Waals surface area contributed by atoms with Crippen LogP contribution in [0.5, 0.6) is 0 Å². The van der Waals surface area contributed by atoms with Gasteiger partial charge in [0.2, 0.25) is 5.91 Å². The fourth-order valence-electron chi connectivity index (χ4n) is 2.74. The third-order valence-electron chi connectivity index (χ3n) is 4.11. The van der Waals surface area contributed by atoms with Crippen molar-refractivity contribution in [1.82, 2.24) is 25.5 Å². The molecule has 1 atom stereocenters. The summed E-state index contributed by atoms with van der Waals surface area (Å²) in [7, 11) is 0. The Bertz CT molecular complexity index is 893. The van der Waals surface area contributed by atoms with Crippen LogP contribution < -0.4 is 10.9 Å². The van der Waals surface area contributed by atoms with Crippen LogP contribution in [0.15, 0.2) is 29.1 Å². The van der Waals surface area contributed by atoms with Crippen molar-refractivity contribution in [2.24, 2.45) is 0 Å². The highest BCUT2D eigenvalue weighted by molar-refractivity contribution is 7.98. The number of fused-ring (bicyclic) bond motifs is 1. The second kappa shape index (κ2) is 7.60. The van der Waals surface area contributed by atoms with Crippen LogP contribution in [0, 0.1) is 6.92 Å². The quantitative estimate of drug-likeness (QED) is 0.518. The van der Waals surface area contributed by atoms with E-state index in [-0.39, 0.29) is 23.9 Å². The molecule has 1 aromatic carbocycles. The number of hydrogen-bond donors (Lipinski definition) is 4. The van der Waals surface area contributed by atoms with Gasteiger partial charge in [-0.15, -0.1) is 0 Å². The first-order chi connectivity index (χ1) is 12.1. The Balaban J connectivity index is 1.78. The van der Waals surface area contributed by atoms with Crippen LogP contribution in [-0.4, -0.2) is 38.1 Å². The van der Waals surface area contributed by atoms with E-state index in [0.29, 0.717) is 11.3 Å². The van der Waals surface area contributed by atoms with E-state index in [0.717, 1.165) is 29.0 Å². The summed E-state index contributed by atoms with van der Waals surface area (Å²) in [5, 5.41) is 8.25. The number of carbonyl (C=O) groups excluding carboxylic acids is 1. The maximum Gasteiger partial charge on any atom is 0.267 e. The molecule has 0 bridgehead atoms. The number of amides is 1. The summed E-state index contributed by atoms with van der Waals surface area (Å²) < 4.78 is 0. The van der Waals surface area contributed by atoms with Crippen molar-refractivity contribution < 1.29 is 4.79 Å². The van der Waals surface area contributed by atoms with Crippen molar-refractivity contribution >= 4 is 28.7 Å². The largest absolute Gasteiger partial charge is 0.346 e. The zero-order chi connectivity index (χ0) is 17.8. The lowest BCUT2D eigenvalue weighted by atomic mass is 10.1. The Morgan fingerprint density at radius 1 is 1.32 bits per heavy atom. The van der Waals surface area contributed by atoms with Crippen LogP contribution in [0.2, 0.25) is 0 Å². The molecule has 2 heterocycles. The summed E-state index contributed by atoms with van der Waals surface area (Å²) in [6, 6.07) is 7.56. The standard InChI is InChI=1S/C17H21N5O2S/c1-10-11(17(24)22-21-10)9-15(23)18-14(7-8-25-2)16-19-12-5-3-4-6-13(12)20-16/h3-6,14H,7-9H2,1-2H3,(H,18,23)(H,19,20)(H2,21,22,24). The lowest BCUT2D eigenvalue weighted by molar-refractivity contribution is -0.121. The summed E-state index contributed by atoms with van der Waals surface area (Å²) in [6.07, 6.45) is 2.83. The number of imidazole rings is 1. The Kier molecular flexibility index (Phi) is 5.28. The molecule has 1 amide bonds. The Morgan fingerprint density at radius 3 is 2.80 bits per heavy atom. The van der Waals surface area contributed by atoms with E-state index in [1.807, 2.05) is 30.5 Å². The first-order valence-corrected chi connectivity index (χ1v) is 9.47. The third-order valence-corrected chi connectivity index (χ3v) is 4.76. The van der Waals surface area contributed by atoms with Crippen molar-refractivity contribution in [2.75, 3.05) is 12.0 Å². The van der Waals surface area contributed by atoms with Gasteiger partial charge in [0.15, 0.2) is 0 Å². The molecule has 8 heteroatoms. The zero-order valence-electron chi connectivity index (χ0n) is 14.2. The molecule has 4 N–H and O–H groups in total. The van der Waals surface area contributed by atoms with Gasteiger partial charge in [-0.25, -0.2) is 4.98 Å². The van der Waals surface area contributed by atoms with Gasteiger partial charge < -0.3 is 15.4 Å². The Morgan fingerprint density at radius 2 is 2.12 bits per heavy atom. The topological polar surface area (TPSA) is 106 Å². The molecule has 2 aromatic heterocycles. The molecule has 0 aliphatic heterocycles. The summed E-state index contributed by atoms with van der Waals surface area (Å²) in [4.78, 5) is 32.1. The molecular formula is C17H21N5O2S. The minimum absolute atomic E-state index is 0.0423. The molecule has 7 nitrogen and oxygen atoms in total. The first-order valence-electron chi connectivity index (χ1n) is 8.07. The maximum atomic E-state index is 12.5. The number of nitrogens with one attached hydrogen (secondary N) is 4. The highest BCUT2D eigenvalue weighted by Crippen LogP contribution is 2.20. The smallest absolute Gasteiger partial charge is 0.267 e. The minimum Gasteiger partial charge on any atom is -0.346 e. The van der Waals surface area contributed by atoms with E-state index < -0.39 is 0 Å². The first kappa shape index (κ1) is 17.3. The molecule has 25 heavy (non-hydrogen) atoms. The molecule has 0 fully saturated rings. The lowest BCUT2D eigenvalue weighted by Crippen LogP contribution is -2.32. The van der Waals surface area contributed by atoms with Crippen molar-refractivity contribution in [3.05, 3.63) is 51.7 Å². The highest BCUT2D eigenvalue weighted by Gasteiger charge is 2.20. The summed E-state index contributed by atoms with van der Waals surface area (Å²) in [6.45, 7) is 1.77. The van der Waals surface area contributed by atoms with E-state index in [2.05, 4.69) is 25.5 Å². The highest BCUT2D eigenvalue weighted by atomic mass is 32.2. The van der Waals surface area contributed by atoms with Crippen LogP contribution in [-0.2, 0) is 11.2 Å². The number of rotatable bonds is 7. The number of para-hydroxylation sites is 2.